The van der Waals surface area contributed by atoms with E-state index in [1.165, 1.54) is 0 Å². The van der Waals surface area contributed by atoms with Crippen LogP contribution in [0.4, 0.5) is 5.69 Å². The predicted molar refractivity (Wildman–Crippen MR) is 108 cm³/mol. The van der Waals surface area contributed by atoms with E-state index in [9.17, 15) is 4.79 Å². The topological polar surface area (TPSA) is 55.7 Å². The van der Waals surface area contributed by atoms with Crippen LogP contribution in [0.1, 0.15) is 16.9 Å². The van der Waals surface area contributed by atoms with E-state index in [0.717, 1.165) is 42.7 Å². The minimum atomic E-state index is -0.0518. The molecule has 0 aliphatic carbocycles. The molecule has 3 heterocycles. The number of carbonyl (C=O) groups is 1. The molecule has 3 aromatic rings. The minimum Gasteiger partial charge on any atom is -0.452 e. The molecule has 0 bridgehead atoms. The quantitative estimate of drug-likeness (QED) is 0.760. The van der Waals surface area contributed by atoms with Crippen molar-refractivity contribution < 1.29 is 14.3 Å². The third-order valence-corrected chi connectivity index (χ3v) is 5.57. The maximum absolute atomic E-state index is 13.4. The summed E-state index contributed by atoms with van der Waals surface area (Å²) in [6, 6.07) is 16.0. The number of hydrogen-bond acceptors (Lipinski definition) is 4. The molecule has 144 valence electrons. The summed E-state index contributed by atoms with van der Waals surface area (Å²) in [6.45, 7) is 3.05. The maximum Gasteiger partial charge on any atom is 0.278 e. The summed E-state index contributed by atoms with van der Waals surface area (Å²) in [4.78, 5) is 15.1. The first-order valence-corrected chi connectivity index (χ1v) is 9.71. The van der Waals surface area contributed by atoms with E-state index in [0.29, 0.717) is 29.8 Å². The molecule has 6 nitrogen and oxygen atoms in total. The number of anilines is 1. The summed E-state index contributed by atoms with van der Waals surface area (Å²) >= 11 is 0. The van der Waals surface area contributed by atoms with Gasteiger partial charge in [-0.05, 0) is 30.7 Å². The van der Waals surface area contributed by atoms with Gasteiger partial charge in [-0.3, -0.25) is 4.79 Å². The van der Waals surface area contributed by atoms with Gasteiger partial charge in [0, 0.05) is 31.6 Å². The Bertz CT molecular complexity index is 1040. The molecule has 1 atom stereocenters. The van der Waals surface area contributed by atoms with E-state index in [4.69, 9.17) is 9.47 Å². The van der Waals surface area contributed by atoms with E-state index in [1.807, 2.05) is 42.5 Å². The number of nitrogens with zero attached hydrogens (tertiary/aromatic N) is 2. The second kappa shape index (κ2) is 6.96. The fourth-order valence-electron chi connectivity index (χ4n) is 4.11. The van der Waals surface area contributed by atoms with Crippen molar-refractivity contribution in [3.63, 3.8) is 0 Å². The van der Waals surface area contributed by atoms with Crippen LogP contribution in [0.2, 0.25) is 0 Å². The van der Waals surface area contributed by atoms with Gasteiger partial charge in [0.05, 0.1) is 24.4 Å². The van der Waals surface area contributed by atoms with Crippen molar-refractivity contribution >= 4 is 22.5 Å². The predicted octanol–water partition coefficient (Wildman–Crippen LogP) is 3.40. The molecule has 0 saturated carbocycles. The zero-order valence-corrected chi connectivity index (χ0v) is 15.9. The fraction of sp³-hybridized carbons (Fsp3) is 0.318. The zero-order chi connectivity index (χ0) is 19.1. The van der Waals surface area contributed by atoms with Crippen molar-refractivity contribution in [1.29, 1.82) is 0 Å². The molecule has 0 radical (unpaired) electrons. The van der Waals surface area contributed by atoms with Gasteiger partial charge >= 0.3 is 0 Å². The van der Waals surface area contributed by atoms with Crippen LogP contribution in [0, 0.1) is 0 Å². The van der Waals surface area contributed by atoms with Gasteiger partial charge in [0.2, 0.25) is 0 Å². The van der Waals surface area contributed by atoms with E-state index in [1.54, 1.807) is 11.9 Å². The van der Waals surface area contributed by atoms with Crippen molar-refractivity contribution in [2.24, 2.45) is 0 Å². The zero-order valence-electron chi connectivity index (χ0n) is 15.9. The minimum absolute atomic E-state index is 0.0518. The highest BCUT2D eigenvalue weighted by Crippen LogP contribution is 2.43. The van der Waals surface area contributed by atoms with Gasteiger partial charge in [-0.1, -0.05) is 24.3 Å². The Morgan fingerprint density at radius 3 is 2.82 bits per heavy atom. The summed E-state index contributed by atoms with van der Waals surface area (Å²) in [5, 5.41) is 4.45. The van der Waals surface area contributed by atoms with Gasteiger partial charge in [0.15, 0.2) is 17.2 Å². The smallest absolute Gasteiger partial charge is 0.278 e. The monoisotopic (exact) mass is 377 g/mol. The van der Waals surface area contributed by atoms with E-state index < -0.39 is 0 Å². The van der Waals surface area contributed by atoms with Crippen LogP contribution < -0.4 is 15.0 Å². The van der Waals surface area contributed by atoms with Gasteiger partial charge in [0.25, 0.3) is 5.91 Å². The average Bonchev–Trinajstić information content (AvgIpc) is 3.00. The number of rotatable bonds is 3. The molecule has 1 saturated heterocycles. The number of morpholine rings is 1. The van der Waals surface area contributed by atoms with Gasteiger partial charge in [-0.2, -0.15) is 0 Å². The molecule has 6 heteroatoms. The summed E-state index contributed by atoms with van der Waals surface area (Å²) in [7, 11) is 1.80. The number of aromatic nitrogens is 1. The van der Waals surface area contributed by atoms with Gasteiger partial charge < -0.3 is 24.3 Å². The van der Waals surface area contributed by atoms with Crippen LogP contribution in [-0.2, 0) is 11.3 Å². The van der Waals surface area contributed by atoms with Crippen LogP contribution in [0.25, 0.3) is 10.9 Å². The molecular formula is C22H23N3O3. The van der Waals surface area contributed by atoms with E-state index in [-0.39, 0.29) is 5.91 Å². The van der Waals surface area contributed by atoms with Crippen LogP contribution in [0.15, 0.2) is 48.5 Å². The molecule has 5 rings (SSSR count). The van der Waals surface area contributed by atoms with Crippen molar-refractivity contribution in [2.75, 3.05) is 31.7 Å². The third-order valence-electron chi connectivity index (χ3n) is 5.57. The number of aryl methyl sites for hydroxylation is 1. The maximum atomic E-state index is 13.4. The second-order valence-corrected chi connectivity index (χ2v) is 7.30. The fourth-order valence-corrected chi connectivity index (χ4v) is 4.11. The molecule has 0 spiro atoms. The molecular weight excluding hydrogens is 354 g/mol. The second-order valence-electron chi connectivity index (χ2n) is 7.30. The summed E-state index contributed by atoms with van der Waals surface area (Å²) < 4.78 is 14.0. The summed E-state index contributed by atoms with van der Waals surface area (Å²) in [5.74, 6) is 1.29. The highest BCUT2D eigenvalue weighted by Gasteiger charge is 2.32. The normalized spacial score (nSPS) is 19.1. The Balaban J connectivity index is 1.61. The lowest BCUT2D eigenvalue weighted by Crippen LogP contribution is -2.41. The summed E-state index contributed by atoms with van der Waals surface area (Å²) in [5.41, 5.74) is 2.41. The number of ether oxygens (including phenoxy) is 2. The van der Waals surface area contributed by atoms with E-state index in [2.05, 4.69) is 16.0 Å². The van der Waals surface area contributed by atoms with Crippen molar-refractivity contribution in [2.45, 2.75) is 19.0 Å². The molecule has 1 amide bonds. The standard InChI is InChI=1S/C22H23N3O3/c1-24-18-8-4-5-9-19(18)28-21-16-6-2-3-7-17(16)25(20(21)22(24)26)12-10-15-14-27-13-11-23-15/h2-9,15,23H,10-14H2,1H3. The lowest BCUT2D eigenvalue weighted by atomic mass is 10.2. The number of hydrogen-bond donors (Lipinski definition) is 1. The van der Waals surface area contributed by atoms with Gasteiger partial charge in [-0.15, -0.1) is 0 Å². The van der Waals surface area contributed by atoms with Crippen molar-refractivity contribution in [1.82, 2.24) is 9.88 Å². The number of nitrogens with one attached hydrogen (secondary N) is 1. The Hall–Kier alpha value is -2.83. The first-order chi connectivity index (χ1) is 13.7. The lowest BCUT2D eigenvalue weighted by Gasteiger charge is -2.24. The van der Waals surface area contributed by atoms with Crippen molar-refractivity contribution in [3.05, 3.63) is 54.2 Å². The molecule has 1 unspecified atom stereocenters. The molecule has 1 fully saturated rings. The van der Waals surface area contributed by atoms with Gasteiger partial charge in [0.1, 0.15) is 0 Å². The van der Waals surface area contributed by atoms with Crippen LogP contribution in [-0.4, -0.2) is 43.3 Å². The van der Waals surface area contributed by atoms with Crippen LogP contribution in [0.5, 0.6) is 11.5 Å². The largest absolute Gasteiger partial charge is 0.452 e. The molecule has 1 aromatic heterocycles. The highest BCUT2D eigenvalue weighted by molar-refractivity contribution is 6.12. The van der Waals surface area contributed by atoms with Crippen molar-refractivity contribution in [3.8, 4) is 11.5 Å². The molecule has 28 heavy (non-hydrogen) atoms. The Labute approximate surface area is 163 Å². The Morgan fingerprint density at radius 1 is 1.14 bits per heavy atom. The molecule has 1 N–H and O–H groups in total. The number of fused-ring (bicyclic) bond motifs is 4. The molecule has 2 aliphatic rings. The SMILES string of the molecule is CN1C(=O)c2c(c3ccccc3n2CCC2COCCN2)Oc2ccccc21. The van der Waals surface area contributed by atoms with E-state index >= 15 is 0 Å². The number of para-hydroxylation sites is 3. The summed E-state index contributed by atoms with van der Waals surface area (Å²) in [6.07, 6.45) is 0.884. The Morgan fingerprint density at radius 2 is 1.96 bits per heavy atom. The van der Waals surface area contributed by atoms with Crippen LogP contribution >= 0.6 is 0 Å². The van der Waals surface area contributed by atoms with Gasteiger partial charge in [-0.25, -0.2) is 0 Å². The number of amides is 1. The average molecular weight is 377 g/mol. The third kappa shape index (κ3) is 2.77. The molecule has 2 aromatic carbocycles. The Kier molecular flexibility index (Phi) is 4.30. The first-order valence-electron chi connectivity index (χ1n) is 9.71. The highest BCUT2D eigenvalue weighted by atomic mass is 16.5. The number of carbonyl (C=O) groups excluding carboxylic acids is 1. The van der Waals surface area contributed by atoms with Crippen LogP contribution in [0.3, 0.4) is 0 Å². The number of benzene rings is 2. The molecule has 2 aliphatic heterocycles. The first kappa shape index (κ1) is 17.3. The lowest BCUT2D eigenvalue weighted by molar-refractivity contribution is 0.0728.